The Labute approximate surface area is 97.7 Å². The lowest BCUT2D eigenvalue weighted by Crippen LogP contribution is -2.32. The number of likely N-dealkylation sites (tertiary alicyclic amines) is 1. The zero-order valence-corrected chi connectivity index (χ0v) is 10.6. The molecule has 1 aliphatic heterocycles. The van der Waals surface area contributed by atoms with Gasteiger partial charge in [-0.25, -0.2) is 4.98 Å². The van der Waals surface area contributed by atoms with Gasteiger partial charge in [0.25, 0.3) is 0 Å². The SMILES string of the molecule is CCN1CCC(c2ncn(C(C)C)n2)CC1. The van der Waals surface area contributed by atoms with E-state index in [-0.39, 0.29) is 0 Å². The van der Waals surface area contributed by atoms with Gasteiger partial charge in [-0.15, -0.1) is 0 Å². The first-order chi connectivity index (χ1) is 7.70. The third kappa shape index (κ3) is 2.43. The molecular formula is C12H22N4. The molecule has 4 nitrogen and oxygen atoms in total. The zero-order valence-electron chi connectivity index (χ0n) is 10.6. The van der Waals surface area contributed by atoms with Gasteiger partial charge in [-0.2, -0.15) is 5.10 Å². The third-order valence-electron chi connectivity index (χ3n) is 3.46. The van der Waals surface area contributed by atoms with E-state index in [0.717, 1.165) is 5.82 Å². The van der Waals surface area contributed by atoms with Crippen molar-refractivity contribution in [2.45, 2.75) is 45.6 Å². The first kappa shape index (κ1) is 11.6. The molecule has 16 heavy (non-hydrogen) atoms. The van der Waals surface area contributed by atoms with E-state index in [2.05, 4.69) is 35.8 Å². The summed E-state index contributed by atoms with van der Waals surface area (Å²) < 4.78 is 1.96. The standard InChI is InChI=1S/C12H22N4/c1-4-15-7-5-11(6-8-15)12-13-9-16(14-12)10(2)3/h9-11H,4-8H2,1-3H3. The van der Waals surface area contributed by atoms with Crippen molar-refractivity contribution in [1.82, 2.24) is 19.7 Å². The Morgan fingerprint density at radius 1 is 1.38 bits per heavy atom. The second-order valence-corrected chi connectivity index (χ2v) is 4.89. The number of nitrogens with zero attached hydrogens (tertiary/aromatic N) is 4. The van der Waals surface area contributed by atoms with Gasteiger partial charge in [0.05, 0.1) is 0 Å². The fourth-order valence-corrected chi connectivity index (χ4v) is 2.23. The van der Waals surface area contributed by atoms with Crippen molar-refractivity contribution < 1.29 is 0 Å². The maximum atomic E-state index is 4.57. The summed E-state index contributed by atoms with van der Waals surface area (Å²) in [5.41, 5.74) is 0. The molecule has 0 radical (unpaired) electrons. The summed E-state index contributed by atoms with van der Waals surface area (Å²) in [6.45, 7) is 10.1. The predicted octanol–water partition coefficient (Wildman–Crippen LogP) is 2.06. The summed E-state index contributed by atoms with van der Waals surface area (Å²) in [5, 5.41) is 4.57. The van der Waals surface area contributed by atoms with E-state index in [1.807, 2.05) is 11.0 Å². The summed E-state index contributed by atoms with van der Waals surface area (Å²) in [5.74, 6) is 1.62. The van der Waals surface area contributed by atoms with E-state index in [1.54, 1.807) is 0 Å². The molecule has 1 aromatic heterocycles. The van der Waals surface area contributed by atoms with Crippen LogP contribution >= 0.6 is 0 Å². The van der Waals surface area contributed by atoms with Crippen molar-refractivity contribution in [3.63, 3.8) is 0 Å². The number of hydrogen-bond donors (Lipinski definition) is 0. The van der Waals surface area contributed by atoms with Crippen molar-refractivity contribution in [2.24, 2.45) is 0 Å². The van der Waals surface area contributed by atoms with Crippen molar-refractivity contribution in [2.75, 3.05) is 19.6 Å². The number of hydrogen-bond acceptors (Lipinski definition) is 3. The molecule has 1 fully saturated rings. The molecular weight excluding hydrogens is 200 g/mol. The monoisotopic (exact) mass is 222 g/mol. The quantitative estimate of drug-likeness (QED) is 0.785. The molecule has 1 aromatic rings. The largest absolute Gasteiger partial charge is 0.304 e. The highest BCUT2D eigenvalue weighted by atomic mass is 15.3. The lowest BCUT2D eigenvalue weighted by molar-refractivity contribution is 0.219. The first-order valence-electron chi connectivity index (χ1n) is 6.34. The molecule has 4 heteroatoms. The van der Waals surface area contributed by atoms with Gasteiger partial charge in [-0.3, -0.25) is 4.68 Å². The van der Waals surface area contributed by atoms with Crippen LogP contribution in [0.1, 0.15) is 51.4 Å². The van der Waals surface area contributed by atoms with Gasteiger partial charge in [0.1, 0.15) is 6.33 Å². The summed E-state index contributed by atoms with van der Waals surface area (Å²) in [6, 6.07) is 0.414. The minimum atomic E-state index is 0.414. The molecule has 0 bridgehead atoms. The highest BCUT2D eigenvalue weighted by molar-refractivity contribution is 4.96. The first-order valence-corrected chi connectivity index (χ1v) is 6.34. The van der Waals surface area contributed by atoms with Crippen LogP contribution in [0.25, 0.3) is 0 Å². The fraction of sp³-hybridized carbons (Fsp3) is 0.833. The Morgan fingerprint density at radius 3 is 2.56 bits per heavy atom. The van der Waals surface area contributed by atoms with Crippen molar-refractivity contribution in [3.05, 3.63) is 12.2 Å². The van der Waals surface area contributed by atoms with Gasteiger partial charge in [0.15, 0.2) is 5.82 Å². The van der Waals surface area contributed by atoms with E-state index in [0.29, 0.717) is 12.0 Å². The Kier molecular flexibility index (Phi) is 3.59. The van der Waals surface area contributed by atoms with Crippen LogP contribution in [-0.2, 0) is 0 Å². The number of piperidine rings is 1. The van der Waals surface area contributed by atoms with Gasteiger partial charge in [0.2, 0.25) is 0 Å². The van der Waals surface area contributed by atoms with Crippen LogP contribution in [0.3, 0.4) is 0 Å². The molecule has 0 aromatic carbocycles. The van der Waals surface area contributed by atoms with E-state index in [4.69, 9.17) is 0 Å². The second kappa shape index (κ2) is 4.95. The van der Waals surface area contributed by atoms with E-state index in [9.17, 15) is 0 Å². The summed E-state index contributed by atoms with van der Waals surface area (Å²) >= 11 is 0. The minimum absolute atomic E-state index is 0.414. The maximum Gasteiger partial charge on any atom is 0.153 e. The molecule has 0 atom stereocenters. The Bertz CT molecular complexity index is 324. The van der Waals surface area contributed by atoms with E-state index >= 15 is 0 Å². The highest BCUT2D eigenvalue weighted by Crippen LogP contribution is 2.25. The van der Waals surface area contributed by atoms with Crippen molar-refractivity contribution in [3.8, 4) is 0 Å². The average molecular weight is 222 g/mol. The van der Waals surface area contributed by atoms with Crippen LogP contribution < -0.4 is 0 Å². The summed E-state index contributed by atoms with van der Waals surface area (Å²) in [7, 11) is 0. The molecule has 2 heterocycles. The Hall–Kier alpha value is -0.900. The number of aromatic nitrogens is 3. The number of rotatable bonds is 3. The molecule has 1 saturated heterocycles. The molecule has 0 N–H and O–H groups in total. The van der Waals surface area contributed by atoms with Gasteiger partial charge in [0, 0.05) is 12.0 Å². The van der Waals surface area contributed by atoms with Crippen LogP contribution in [0.15, 0.2) is 6.33 Å². The maximum absolute atomic E-state index is 4.57. The van der Waals surface area contributed by atoms with Crippen LogP contribution in [0.2, 0.25) is 0 Å². The van der Waals surface area contributed by atoms with Crippen LogP contribution in [0.5, 0.6) is 0 Å². The highest BCUT2D eigenvalue weighted by Gasteiger charge is 2.22. The predicted molar refractivity (Wildman–Crippen MR) is 64.5 cm³/mol. The fourth-order valence-electron chi connectivity index (χ4n) is 2.23. The van der Waals surface area contributed by atoms with E-state index in [1.165, 1.54) is 32.5 Å². The molecule has 90 valence electrons. The second-order valence-electron chi connectivity index (χ2n) is 4.89. The molecule has 2 rings (SSSR count). The van der Waals surface area contributed by atoms with Gasteiger partial charge in [-0.05, 0) is 46.3 Å². The zero-order chi connectivity index (χ0) is 11.5. The van der Waals surface area contributed by atoms with Crippen LogP contribution in [-0.4, -0.2) is 39.3 Å². The van der Waals surface area contributed by atoms with Gasteiger partial charge >= 0.3 is 0 Å². The minimum Gasteiger partial charge on any atom is -0.304 e. The van der Waals surface area contributed by atoms with Gasteiger partial charge < -0.3 is 4.90 Å². The lowest BCUT2D eigenvalue weighted by atomic mass is 9.96. The molecule has 0 aliphatic carbocycles. The van der Waals surface area contributed by atoms with Gasteiger partial charge in [-0.1, -0.05) is 6.92 Å². The van der Waals surface area contributed by atoms with E-state index < -0.39 is 0 Å². The normalized spacial score (nSPS) is 19.5. The average Bonchev–Trinajstić information content (AvgIpc) is 2.78. The van der Waals surface area contributed by atoms with Crippen molar-refractivity contribution in [1.29, 1.82) is 0 Å². The van der Waals surface area contributed by atoms with Crippen molar-refractivity contribution >= 4 is 0 Å². The Balaban J connectivity index is 1.97. The third-order valence-corrected chi connectivity index (χ3v) is 3.46. The lowest BCUT2D eigenvalue weighted by Gasteiger charge is -2.29. The smallest absolute Gasteiger partial charge is 0.153 e. The van der Waals surface area contributed by atoms with Crippen LogP contribution in [0.4, 0.5) is 0 Å². The summed E-state index contributed by atoms with van der Waals surface area (Å²) in [4.78, 5) is 6.94. The van der Waals surface area contributed by atoms with Crippen LogP contribution in [0, 0.1) is 0 Å². The molecule has 0 saturated carbocycles. The molecule has 0 amide bonds. The topological polar surface area (TPSA) is 34.0 Å². The molecule has 0 spiro atoms. The molecule has 0 unspecified atom stereocenters. The molecule has 1 aliphatic rings. The summed E-state index contributed by atoms with van der Waals surface area (Å²) in [6.07, 6.45) is 4.28. The Morgan fingerprint density at radius 2 is 2.06 bits per heavy atom.